The predicted molar refractivity (Wildman–Crippen MR) is 74.5 cm³/mol. The third-order valence-electron chi connectivity index (χ3n) is 2.27. The van der Waals surface area contributed by atoms with Gasteiger partial charge in [-0.05, 0) is 23.0 Å². The van der Waals surface area contributed by atoms with E-state index in [1.807, 2.05) is 13.0 Å². The summed E-state index contributed by atoms with van der Waals surface area (Å²) in [5.74, 6) is 0.589. The Balaban J connectivity index is 2.74. The minimum absolute atomic E-state index is 0.101. The van der Waals surface area contributed by atoms with Crippen LogP contribution in [0, 0.1) is 10.2 Å². The zero-order valence-corrected chi connectivity index (χ0v) is 11.9. The number of rotatable bonds is 2. The summed E-state index contributed by atoms with van der Waals surface area (Å²) in [5, 5.41) is 1.96. The maximum Gasteiger partial charge on any atom is 0.104 e. The fraction of sp³-hybridized carbons (Fsp3) is 0.273. The van der Waals surface area contributed by atoms with Crippen LogP contribution in [-0.4, -0.2) is 10.9 Å². The number of hydrogen-bond acceptors (Lipinski definition) is 1. The summed E-state index contributed by atoms with van der Waals surface area (Å²) in [6.45, 7) is 2.01. The van der Waals surface area contributed by atoms with E-state index in [9.17, 15) is 0 Å². The van der Waals surface area contributed by atoms with Gasteiger partial charge in [0, 0.05) is 16.8 Å². The van der Waals surface area contributed by atoms with Crippen LogP contribution in [0.5, 0.6) is 0 Å². The molecule has 1 aliphatic heterocycles. The molecule has 1 aliphatic rings. The Bertz CT molecular complexity index is 534. The summed E-state index contributed by atoms with van der Waals surface area (Å²) in [7, 11) is 0. The second-order valence-corrected chi connectivity index (χ2v) is 6.35. The molecule has 15 heavy (non-hydrogen) atoms. The van der Waals surface area contributed by atoms with Gasteiger partial charge < -0.3 is 0 Å². The molecule has 0 spiro atoms. The number of aromatic nitrogens is 1. The number of hydrogen-bond donors (Lipinski definition) is 0. The van der Waals surface area contributed by atoms with Crippen molar-refractivity contribution < 1.29 is 0 Å². The molecule has 4 heteroatoms. The number of aryl methyl sites for hydroxylation is 1. The lowest BCUT2D eigenvalue weighted by Gasteiger charge is -2.07. The van der Waals surface area contributed by atoms with Crippen molar-refractivity contribution in [2.24, 2.45) is 0 Å². The van der Waals surface area contributed by atoms with Gasteiger partial charge in [-0.25, -0.2) is 4.98 Å². The summed E-state index contributed by atoms with van der Waals surface area (Å²) >= 11 is 12.0. The summed E-state index contributed by atoms with van der Waals surface area (Å²) in [5.41, 5.74) is 2.13. The van der Waals surface area contributed by atoms with Crippen molar-refractivity contribution in [2.75, 3.05) is 5.88 Å². The van der Waals surface area contributed by atoms with Crippen molar-refractivity contribution in [1.29, 1.82) is 0 Å². The monoisotopic (exact) mass is 353 g/mol. The highest BCUT2D eigenvalue weighted by Crippen LogP contribution is 2.19. The lowest BCUT2D eigenvalue weighted by molar-refractivity contribution is 1.04. The van der Waals surface area contributed by atoms with Gasteiger partial charge in [0.25, 0.3) is 0 Å². The lowest BCUT2D eigenvalue weighted by atomic mass is 10.1. The third-order valence-corrected chi connectivity index (χ3v) is 5.08. The highest BCUT2D eigenvalue weighted by Gasteiger charge is 2.08. The van der Waals surface area contributed by atoms with E-state index < -0.39 is 0 Å². The van der Waals surface area contributed by atoms with E-state index in [0.29, 0.717) is 5.88 Å². The van der Waals surface area contributed by atoms with Gasteiger partial charge in [0.15, 0.2) is 0 Å². The number of pyridine rings is 1. The number of fused-ring (bicyclic) bond motifs is 1. The Kier molecular flexibility index (Phi) is 3.80. The van der Waals surface area contributed by atoms with E-state index in [0.717, 1.165) is 27.9 Å². The maximum atomic E-state index is 6.36. The quantitative estimate of drug-likeness (QED) is 0.587. The van der Waals surface area contributed by atoms with Gasteiger partial charge in [-0.15, -0.1) is 11.6 Å². The van der Waals surface area contributed by atoms with Crippen LogP contribution in [0.4, 0.5) is 0 Å². The average Bonchev–Trinajstić information content (AvgIpc) is 2.24. The molecule has 0 saturated heterocycles. The molecule has 1 aromatic heterocycles. The second-order valence-electron chi connectivity index (χ2n) is 3.23. The first kappa shape index (κ1) is 11.6. The fourth-order valence-corrected chi connectivity index (χ4v) is 4.30. The zero-order chi connectivity index (χ0) is 10.8. The molecule has 0 radical (unpaired) electrons. The van der Waals surface area contributed by atoms with Gasteiger partial charge in [-0.3, -0.25) is 0 Å². The van der Waals surface area contributed by atoms with Crippen LogP contribution < -0.4 is 5.22 Å². The molecule has 1 aromatic rings. The first-order valence-electron chi connectivity index (χ1n) is 4.62. The third kappa shape index (κ3) is 2.27. The summed E-state index contributed by atoms with van der Waals surface area (Å²) in [4.78, 5) is 4.62. The number of nitrogens with zero attached hydrogens (tertiary/aromatic N) is 1. The maximum absolute atomic E-state index is 6.36. The van der Waals surface area contributed by atoms with Crippen molar-refractivity contribution in [3.05, 3.63) is 34.9 Å². The fourth-order valence-electron chi connectivity index (χ4n) is 1.53. The average molecular weight is 354 g/mol. The van der Waals surface area contributed by atoms with Gasteiger partial charge in [-0.2, -0.15) is 0 Å². The van der Waals surface area contributed by atoms with Gasteiger partial charge >= 0.3 is 0 Å². The molecule has 0 atom stereocenters. The summed E-state index contributed by atoms with van der Waals surface area (Å²) in [6.07, 6.45) is 4.91. The number of alkyl halides is 1. The van der Waals surface area contributed by atoms with Gasteiger partial charge in [0.1, 0.15) is 3.28 Å². The standard InChI is InChI=1S/C11H10Cl2IN/c1-7-8(4-5-12)10(13)9-3-2-6-14-11(9)15-7/h2-3,6H,4-5H2,1H3. The summed E-state index contributed by atoms with van der Waals surface area (Å²) < 4.78 is 3.38. The molecule has 80 valence electrons. The van der Waals surface area contributed by atoms with Crippen LogP contribution in [0.1, 0.15) is 11.3 Å². The van der Waals surface area contributed by atoms with Crippen molar-refractivity contribution >= 4 is 50.0 Å². The van der Waals surface area contributed by atoms with E-state index in [-0.39, 0.29) is 20.7 Å². The van der Waals surface area contributed by atoms with Crippen LogP contribution >= 0.6 is 43.9 Å². The molecule has 0 aromatic carbocycles. The topological polar surface area (TPSA) is 12.9 Å². The molecule has 0 amide bonds. The molecule has 0 fully saturated rings. The largest absolute Gasteiger partial charge is 0.247 e. The molecule has 0 saturated carbocycles. The van der Waals surface area contributed by atoms with Gasteiger partial charge in [0.05, 0.1) is 5.02 Å². The minimum Gasteiger partial charge on any atom is -0.247 e. The van der Waals surface area contributed by atoms with E-state index >= 15 is 0 Å². The Hall–Kier alpha value is 0.0700. The normalized spacial score (nSPS) is 13.5. The van der Waals surface area contributed by atoms with E-state index in [2.05, 4.69) is 15.1 Å². The highest BCUT2D eigenvalue weighted by atomic mass is 127. The Morgan fingerprint density at radius 1 is 1.47 bits per heavy atom. The SMILES string of the molecule is Cc1nc2c(c(Cl)c1CCCl)=CC=CI=2. The van der Waals surface area contributed by atoms with Crippen LogP contribution in [0.3, 0.4) is 0 Å². The molecule has 2 heterocycles. The van der Waals surface area contributed by atoms with Crippen molar-refractivity contribution in [1.82, 2.24) is 4.98 Å². The molecule has 0 aliphatic carbocycles. The van der Waals surface area contributed by atoms with E-state index in [1.165, 1.54) is 3.28 Å². The van der Waals surface area contributed by atoms with Crippen molar-refractivity contribution in [3.63, 3.8) is 0 Å². The molecular weight excluding hydrogens is 344 g/mol. The number of halogens is 3. The van der Waals surface area contributed by atoms with Crippen LogP contribution in [0.25, 0.3) is 6.08 Å². The number of allylic oxidation sites excluding steroid dienone is 1. The predicted octanol–water partition coefficient (Wildman–Crippen LogP) is 3.35. The Morgan fingerprint density at radius 2 is 2.27 bits per heavy atom. The lowest BCUT2D eigenvalue weighted by Crippen LogP contribution is -2.12. The van der Waals surface area contributed by atoms with E-state index in [4.69, 9.17) is 23.2 Å². The van der Waals surface area contributed by atoms with Crippen molar-refractivity contribution in [2.45, 2.75) is 13.3 Å². The first-order chi connectivity index (χ1) is 7.24. The zero-order valence-electron chi connectivity index (χ0n) is 8.23. The van der Waals surface area contributed by atoms with Crippen molar-refractivity contribution in [3.8, 4) is 0 Å². The van der Waals surface area contributed by atoms with Crippen LogP contribution in [0.2, 0.25) is 5.02 Å². The molecule has 0 N–H and O–H groups in total. The Morgan fingerprint density at radius 3 is 3.00 bits per heavy atom. The molecular formula is C11H10Cl2IN. The van der Waals surface area contributed by atoms with Gasteiger partial charge in [-0.1, -0.05) is 44.5 Å². The second kappa shape index (κ2) is 4.93. The van der Waals surface area contributed by atoms with Crippen LogP contribution in [-0.2, 0) is 6.42 Å². The Labute approximate surface area is 109 Å². The molecule has 2 rings (SSSR count). The first-order valence-corrected chi connectivity index (χ1v) is 7.86. The molecule has 0 unspecified atom stereocenters. The minimum atomic E-state index is -0.101. The van der Waals surface area contributed by atoms with Gasteiger partial charge in [0.2, 0.25) is 0 Å². The summed E-state index contributed by atoms with van der Waals surface area (Å²) in [6, 6.07) is 0. The smallest absolute Gasteiger partial charge is 0.104 e. The van der Waals surface area contributed by atoms with E-state index in [1.54, 1.807) is 0 Å². The molecule has 1 nitrogen and oxygen atoms in total. The highest BCUT2D eigenvalue weighted by molar-refractivity contribution is 14.2. The molecule has 0 bridgehead atoms. The van der Waals surface area contributed by atoms with Crippen LogP contribution in [0.15, 0.2) is 10.2 Å².